The van der Waals surface area contributed by atoms with Crippen LogP contribution in [0.5, 0.6) is 0 Å². The molecule has 0 spiro atoms. The third kappa shape index (κ3) is 5.30. The van der Waals surface area contributed by atoms with Crippen LogP contribution in [-0.4, -0.2) is 35.4 Å². The third-order valence-corrected chi connectivity index (χ3v) is 4.86. The fraction of sp³-hybridized carbons (Fsp3) is 0.824. The lowest BCUT2D eigenvalue weighted by Crippen LogP contribution is -2.35. The van der Waals surface area contributed by atoms with Crippen LogP contribution in [0.4, 0.5) is 0 Å². The number of hydrogen-bond acceptors (Lipinski definition) is 5. The molecule has 1 saturated carbocycles. The molecule has 0 radical (unpaired) electrons. The zero-order valence-electron chi connectivity index (χ0n) is 13.8. The number of aromatic nitrogens is 2. The van der Waals surface area contributed by atoms with E-state index < -0.39 is 0 Å². The number of aryl methyl sites for hydroxylation is 2. The smallest absolute Gasteiger partial charge is 0.220 e. The number of ether oxygens (including phenoxy) is 1. The number of hydrogen-bond donors (Lipinski definition) is 1. The van der Waals surface area contributed by atoms with Gasteiger partial charge < -0.3 is 14.5 Å². The van der Waals surface area contributed by atoms with Crippen LogP contribution in [0.15, 0.2) is 4.42 Å². The highest BCUT2D eigenvalue weighted by atomic mass is 16.5. The quantitative estimate of drug-likeness (QED) is 0.834. The van der Waals surface area contributed by atoms with Gasteiger partial charge in [-0.1, -0.05) is 32.1 Å². The van der Waals surface area contributed by atoms with Crippen LogP contribution in [0.25, 0.3) is 0 Å². The van der Waals surface area contributed by atoms with E-state index in [9.17, 15) is 4.79 Å². The summed E-state index contributed by atoms with van der Waals surface area (Å²) >= 11 is 0. The van der Waals surface area contributed by atoms with Gasteiger partial charge in [-0.25, -0.2) is 0 Å². The van der Waals surface area contributed by atoms with E-state index in [4.69, 9.17) is 9.15 Å². The molecular formula is C17H27N3O3. The molecule has 0 unspecified atom stereocenters. The van der Waals surface area contributed by atoms with Gasteiger partial charge in [-0.05, 0) is 18.8 Å². The van der Waals surface area contributed by atoms with Gasteiger partial charge in [0.15, 0.2) is 0 Å². The lowest BCUT2D eigenvalue weighted by Gasteiger charge is -2.20. The van der Waals surface area contributed by atoms with Crippen LogP contribution in [0, 0.1) is 5.92 Å². The lowest BCUT2D eigenvalue weighted by molar-refractivity contribution is -0.121. The van der Waals surface area contributed by atoms with Crippen LogP contribution in [0.2, 0.25) is 0 Å². The number of carbonyl (C=O) groups is 1. The summed E-state index contributed by atoms with van der Waals surface area (Å²) in [6.45, 7) is 1.36. The first kappa shape index (κ1) is 16.4. The maximum absolute atomic E-state index is 11.9. The maximum atomic E-state index is 11.9. The molecule has 1 saturated heterocycles. The molecule has 2 aliphatic rings. The zero-order valence-corrected chi connectivity index (χ0v) is 13.8. The first-order chi connectivity index (χ1) is 11.3. The van der Waals surface area contributed by atoms with Crippen LogP contribution in [-0.2, 0) is 22.4 Å². The van der Waals surface area contributed by atoms with Crippen molar-refractivity contribution in [3.63, 3.8) is 0 Å². The second-order valence-corrected chi connectivity index (χ2v) is 6.76. The van der Waals surface area contributed by atoms with Crippen LogP contribution in [0.1, 0.15) is 63.1 Å². The highest BCUT2D eigenvalue weighted by Crippen LogP contribution is 2.27. The Balaban J connectivity index is 1.35. The second-order valence-electron chi connectivity index (χ2n) is 6.76. The first-order valence-corrected chi connectivity index (χ1v) is 8.98. The van der Waals surface area contributed by atoms with Crippen LogP contribution >= 0.6 is 0 Å². The van der Waals surface area contributed by atoms with Gasteiger partial charge in [-0.2, -0.15) is 0 Å². The highest BCUT2D eigenvalue weighted by Gasteiger charge is 2.18. The molecule has 128 valence electrons. The van der Waals surface area contributed by atoms with E-state index in [2.05, 4.69) is 15.5 Å². The second kappa shape index (κ2) is 8.43. The van der Waals surface area contributed by atoms with Gasteiger partial charge in [0.1, 0.15) is 0 Å². The van der Waals surface area contributed by atoms with E-state index in [0.717, 1.165) is 37.7 Å². The zero-order chi connectivity index (χ0) is 15.9. The molecule has 1 aromatic heterocycles. The molecule has 1 aliphatic carbocycles. The van der Waals surface area contributed by atoms with Crippen LogP contribution in [0.3, 0.4) is 0 Å². The van der Waals surface area contributed by atoms with Crippen molar-refractivity contribution in [1.29, 1.82) is 0 Å². The molecule has 23 heavy (non-hydrogen) atoms. The standard InChI is InChI=1S/C17H27N3O3/c21-15(18-14-10-11-22-12-14)7-9-17-20-19-16(23-17)8-6-13-4-2-1-3-5-13/h13-14H,1-12H2,(H,18,21)/t14-/m1/s1. The van der Waals surface area contributed by atoms with Gasteiger partial charge in [0, 0.05) is 25.9 Å². The highest BCUT2D eigenvalue weighted by molar-refractivity contribution is 5.76. The van der Waals surface area contributed by atoms with E-state index in [1.54, 1.807) is 0 Å². The predicted molar refractivity (Wildman–Crippen MR) is 84.9 cm³/mol. The molecule has 6 nitrogen and oxygen atoms in total. The average Bonchev–Trinajstić information content (AvgIpc) is 3.24. The lowest BCUT2D eigenvalue weighted by atomic mass is 9.86. The van der Waals surface area contributed by atoms with Crippen molar-refractivity contribution in [2.24, 2.45) is 5.92 Å². The normalized spacial score (nSPS) is 22.3. The third-order valence-electron chi connectivity index (χ3n) is 4.86. The van der Waals surface area contributed by atoms with Crippen molar-refractivity contribution in [2.75, 3.05) is 13.2 Å². The Kier molecular flexibility index (Phi) is 6.02. The van der Waals surface area contributed by atoms with Crippen molar-refractivity contribution >= 4 is 5.91 Å². The van der Waals surface area contributed by atoms with E-state index in [1.807, 2.05) is 0 Å². The summed E-state index contributed by atoms with van der Waals surface area (Å²) < 4.78 is 10.9. The summed E-state index contributed by atoms with van der Waals surface area (Å²) in [6.07, 6.45) is 10.6. The largest absolute Gasteiger partial charge is 0.425 e. The van der Waals surface area contributed by atoms with Gasteiger partial charge >= 0.3 is 0 Å². The summed E-state index contributed by atoms with van der Waals surface area (Å²) in [5, 5.41) is 11.1. The number of nitrogens with one attached hydrogen (secondary N) is 1. The average molecular weight is 321 g/mol. The molecule has 1 amide bonds. The van der Waals surface area contributed by atoms with Gasteiger partial charge in [-0.15, -0.1) is 10.2 Å². The Morgan fingerprint density at radius 3 is 2.61 bits per heavy atom. The molecule has 1 aromatic rings. The molecule has 3 rings (SSSR count). The van der Waals surface area contributed by atoms with E-state index in [-0.39, 0.29) is 11.9 Å². The molecule has 1 aliphatic heterocycles. The number of rotatable bonds is 7. The summed E-state index contributed by atoms with van der Waals surface area (Å²) in [5.74, 6) is 2.14. The minimum absolute atomic E-state index is 0.0301. The molecule has 2 fully saturated rings. The molecule has 0 bridgehead atoms. The monoisotopic (exact) mass is 321 g/mol. The first-order valence-electron chi connectivity index (χ1n) is 8.98. The Morgan fingerprint density at radius 2 is 1.87 bits per heavy atom. The van der Waals surface area contributed by atoms with E-state index in [0.29, 0.717) is 25.3 Å². The Hall–Kier alpha value is -1.43. The Labute approximate surface area is 137 Å². The van der Waals surface area contributed by atoms with E-state index in [1.165, 1.54) is 32.1 Å². The topological polar surface area (TPSA) is 77.2 Å². The minimum Gasteiger partial charge on any atom is -0.425 e. The van der Waals surface area contributed by atoms with Crippen molar-refractivity contribution in [1.82, 2.24) is 15.5 Å². The fourth-order valence-electron chi connectivity index (χ4n) is 3.46. The van der Waals surface area contributed by atoms with Crippen LogP contribution < -0.4 is 5.32 Å². The minimum atomic E-state index is 0.0301. The predicted octanol–water partition coefficient (Wildman–Crippen LogP) is 2.42. The molecular weight excluding hydrogens is 294 g/mol. The van der Waals surface area contributed by atoms with Gasteiger partial charge in [0.2, 0.25) is 17.7 Å². The van der Waals surface area contributed by atoms with Gasteiger partial charge in [0.05, 0.1) is 12.6 Å². The summed E-state index contributed by atoms with van der Waals surface area (Å²) in [4.78, 5) is 11.9. The van der Waals surface area contributed by atoms with Crippen molar-refractivity contribution < 1.29 is 13.9 Å². The SMILES string of the molecule is O=C(CCc1nnc(CCC2CCCCC2)o1)N[C@@H]1CCOC1. The van der Waals surface area contributed by atoms with Gasteiger partial charge in [-0.3, -0.25) is 4.79 Å². The van der Waals surface area contributed by atoms with Crippen molar-refractivity contribution in [3.8, 4) is 0 Å². The summed E-state index contributed by atoms with van der Waals surface area (Å²) in [5.41, 5.74) is 0. The molecule has 6 heteroatoms. The Morgan fingerprint density at radius 1 is 1.09 bits per heavy atom. The van der Waals surface area contributed by atoms with Crippen molar-refractivity contribution in [2.45, 2.75) is 70.3 Å². The summed E-state index contributed by atoms with van der Waals surface area (Å²) in [7, 11) is 0. The van der Waals surface area contributed by atoms with Gasteiger partial charge in [0.25, 0.3) is 0 Å². The summed E-state index contributed by atoms with van der Waals surface area (Å²) in [6, 6.07) is 0.163. The Bertz CT molecular complexity index is 491. The maximum Gasteiger partial charge on any atom is 0.220 e. The molecule has 1 N–H and O–H groups in total. The fourth-order valence-corrected chi connectivity index (χ4v) is 3.46. The number of carbonyl (C=O) groups excluding carboxylic acids is 1. The molecule has 1 atom stereocenters. The molecule has 2 heterocycles. The number of amides is 1. The van der Waals surface area contributed by atoms with E-state index >= 15 is 0 Å². The van der Waals surface area contributed by atoms with Crippen molar-refractivity contribution in [3.05, 3.63) is 11.8 Å². The number of nitrogens with zero attached hydrogens (tertiary/aromatic N) is 2. The molecule has 0 aromatic carbocycles.